The molecule has 2 heterocycles. The molecule has 0 unspecified atom stereocenters. The number of methoxy groups -OCH3 is 1. The minimum atomic E-state index is -0.199. The molecule has 0 saturated carbocycles. The first kappa shape index (κ1) is 18.2. The summed E-state index contributed by atoms with van der Waals surface area (Å²) in [4.78, 5) is 19.1. The summed E-state index contributed by atoms with van der Waals surface area (Å²) in [7, 11) is 1.62. The van der Waals surface area contributed by atoms with Crippen molar-refractivity contribution in [1.82, 2.24) is 20.2 Å². The van der Waals surface area contributed by atoms with Crippen LogP contribution in [0.1, 0.15) is 32.4 Å². The highest BCUT2D eigenvalue weighted by Gasteiger charge is 2.17. The highest BCUT2D eigenvalue weighted by Crippen LogP contribution is 2.25. The summed E-state index contributed by atoms with van der Waals surface area (Å²) < 4.78 is 10.8. The number of hydrogen-bond donors (Lipinski definition) is 1. The second-order valence-electron chi connectivity index (χ2n) is 6.70. The van der Waals surface area contributed by atoms with Crippen molar-refractivity contribution < 1.29 is 9.15 Å². The minimum absolute atomic E-state index is 0.170. The summed E-state index contributed by atoms with van der Waals surface area (Å²) in [6.45, 7) is 6.05. The van der Waals surface area contributed by atoms with E-state index in [4.69, 9.17) is 9.15 Å². The lowest BCUT2D eigenvalue weighted by molar-refractivity contribution is 0.415. The monoisotopic (exact) mass is 372 g/mol. The fourth-order valence-electron chi connectivity index (χ4n) is 2.18. The summed E-state index contributed by atoms with van der Waals surface area (Å²) in [6, 6.07) is 8.91. The molecule has 0 aliphatic heterocycles. The molecule has 3 rings (SSSR count). The third-order valence-corrected chi connectivity index (χ3v) is 4.48. The van der Waals surface area contributed by atoms with Crippen LogP contribution >= 0.6 is 11.8 Å². The maximum Gasteiger partial charge on any atom is 0.251 e. The highest BCUT2D eigenvalue weighted by atomic mass is 32.2. The van der Waals surface area contributed by atoms with Gasteiger partial charge >= 0.3 is 0 Å². The lowest BCUT2D eigenvalue weighted by Gasteiger charge is -2.17. The topological polar surface area (TPSA) is 93.9 Å². The van der Waals surface area contributed by atoms with Crippen LogP contribution in [0.5, 0.6) is 5.75 Å². The second kappa shape index (κ2) is 7.33. The molecule has 1 N–H and O–H groups in total. The van der Waals surface area contributed by atoms with Gasteiger partial charge in [0.15, 0.2) is 5.16 Å². The van der Waals surface area contributed by atoms with Crippen molar-refractivity contribution in [2.45, 2.75) is 37.1 Å². The highest BCUT2D eigenvalue weighted by molar-refractivity contribution is 7.98. The first-order valence-electron chi connectivity index (χ1n) is 8.06. The SMILES string of the molecule is COc1ccc(-c2nnc(CSc3nc(C(C)(C)C)cc(=O)[nH]3)o2)cc1. The number of thioether (sulfide) groups is 1. The van der Waals surface area contributed by atoms with E-state index in [0.29, 0.717) is 22.7 Å². The number of rotatable bonds is 5. The molecule has 8 heteroatoms. The number of ether oxygens (including phenoxy) is 1. The van der Waals surface area contributed by atoms with Crippen molar-refractivity contribution in [2.24, 2.45) is 0 Å². The average Bonchev–Trinajstić information content (AvgIpc) is 3.08. The van der Waals surface area contributed by atoms with Crippen molar-refractivity contribution in [1.29, 1.82) is 0 Å². The summed E-state index contributed by atoms with van der Waals surface area (Å²) in [5, 5.41) is 8.65. The number of nitrogens with one attached hydrogen (secondary N) is 1. The number of H-pyrrole nitrogens is 1. The largest absolute Gasteiger partial charge is 0.497 e. The lowest BCUT2D eigenvalue weighted by Crippen LogP contribution is -2.19. The maximum absolute atomic E-state index is 11.8. The Labute approximate surface area is 155 Å². The van der Waals surface area contributed by atoms with Gasteiger partial charge < -0.3 is 14.1 Å². The van der Waals surface area contributed by atoms with Gasteiger partial charge in [0.1, 0.15) is 5.75 Å². The van der Waals surface area contributed by atoms with Crippen molar-refractivity contribution in [3.8, 4) is 17.2 Å². The molecular weight excluding hydrogens is 352 g/mol. The van der Waals surface area contributed by atoms with Crippen molar-refractivity contribution in [3.63, 3.8) is 0 Å². The molecule has 7 nitrogen and oxygen atoms in total. The van der Waals surface area contributed by atoms with Gasteiger partial charge in [0.25, 0.3) is 5.56 Å². The van der Waals surface area contributed by atoms with E-state index in [-0.39, 0.29) is 11.0 Å². The van der Waals surface area contributed by atoms with Gasteiger partial charge in [-0.2, -0.15) is 0 Å². The van der Waals surface area contributed by atoms with Crippen LogP contribution in [0.4, 0.5) is 0 Å². The average molecular weight is 372 g/mol. The van der Waals surface area contributed by atoms with E-state index in [0.717, 1.165) is 17.0 Å². The third kappa shape index (κ3) is 4.32. The van der Waals surface area contributed by atoms with E-state index in [1.807, 2.05) is 45.0 Å². The normalized spacial score (nSPS) is 11.5. The Hall–Kier alpha value is -2.61. The molecule has 0 bridgehead atoms. The van der Waals surface area contributed by atoms with Crippen LogP contribution in [-0.2, 0) is 11.2 Å². The van der Waals surface area contributed by atoms with E-state index in [9.17, 15) is 4.79 Å². The molecule has 3 aromatic rings. The van der Waals surface area contributed by atoms with Gasteiger partial charge in [0.2, 0.25) is 11.8 Å². The standard InChI is InChI=1S/C18H20N4O3S/c1-18(2,3)13-9-14(23)20-17(19-13)26-10-15-21-22-16(25-15)11-5-7-12(24-4)8-6-11/h5-9H,10H2,1-4H3,(H,19,20,23). The van der Waals surface area contributed by atoms with E-state index >= 15 is 0 Å². The fraction of sp³-hybridized carbons (Fsp3) is 0.333. The Kier molecular flexibility index (Phi) is 5.13. The summed E-state index contributed by atoms with van der Waals surface area (Å²) >= 11 is 1.35. The number of nitrogens with zero attached hydrogens (tertiary/aromatic N) is 3. The molecule has 0 atom stereocenters. The van der Waals surface area contributed by atoms with E-state index in [2.05, 4.69) is 20.2 Å². The molecule has 0 saturated heterocycles. The van der Waals surface area contributed by atoms with E-state index in [1.165, 1.54) is 17.8 Å². The zero-order valence-corrected chi connectivity index (χ0v) is 15.9. The number of aromatic amines is 1. The van der Waals surface area contributed by atoms with Crippen molar-refractivity contribution in [3.05, 3.63) is 52.3 Å². The van der Waals surface area contributed by atoms with Gasteiger partial charge in [-0.25, -0.2) is 4.98 Å². The van der Waals surface area contributed by atoms with E-state index in [1.54, 1.807) is 7.11 Å². The maximum atomic E-state index is 11.8. The molecule has 0 aliphatic rings. The smallest absolute Gasteiger partial charge is 0.251 e. The zero-order valence-electron chi connectivity index (χ0n) is 15.1. The Morgan fingerprint density at radius 1 is 1.19 bits per heavy atom. The Balaban J connectivity index is 1.72. The molecule has 1 aromatic carbocycles. The third-order valence-electron chi connectivity index (χ3n) is 3.62. The Bertz CT molecular complexity index is 942. The Morgan fingerprint density at radius 2 is 1.92 bits per heavy atom. The molecule has 0 aliphatic carbocycles. The van der Waals surface area contributed by atoms with Gasteiger partial charge in [-0.1, -0.05) is 32.5 Å². The van der Waals surface area contributed by atoms with Gasteiger partial charge in [-0.15, -0.1) is 10.2 Å². The van der Waals surface area contributed by atoms with Crippen LogP contribution in [0.25, 0.3) is 11.5 Å². The quantitative estimate of drug-likeness (QED) is 0.542. The van der Waals surface area contributed by atoms with Crippen LogP contribution < -0.4 is 10.3 Å². The van der Waals surface area contributed by atoms with Crippen LogP contribution in [-0.4, -0.2) is 27.3 Å². The molecule has 0 fully saturated rings. The number of benzene rings is 1. The lowest BCUT2D eigenvalue weighted by atomic mass is 9.92. The number of aromatic nitrogens is 4. The van der Waals surface area contributed by atoms with Crippen LogP contribution in [0.2, 0.25) is 0 Å². The first-order chi connectivity index (χ1) is 12.3. The van der Waals surface area contributed by atoms with Gasteiger partial charge in [0.05, 0.1) is 18.6 Å². The molecule has 0 spiro atoms. The first-order valence-corrected chi connectivity index (χ1v) is 9.05. The minimum Gasteiger partial charge on any atom is -0.497 e. The predicted molar refractivity (Wildman–Crippen MR) is 99.4 cm³/mol. The van der Waals surface area contributed by atoms with Gasteiger partial charge in [-0.05, 0) is 24.3 Å². The molecule has 2 aromatic heterocycles. The van der Waals surface area contributed by atoms with Crippen molar-refractivity contribution in [2.75, 3.05) is 7.11 Å². The molecule has 26 heavy (non-hydrogen) atoms. The molecule has 0 radical (unpaired) electrons. The second-order valence-corrected chi connectivity index (χ2v) is 7.67. The van der Waals surface area contributed by atoms with Crippen LogP contribution in [0, 0.1) is 0 Å². The van der Waals surface area contributed by atoms with E-state index < -0.39 is 0 Å². The van der Waals surface area contributed by atoms with Crippen molar-refractivity contribution >= 4 is 11.8 Å². The fourth-order valence-corrected chi connectivity index (χ4v) is 2.89. The van der Waals surface area contributed by atoms with Crippen LogP contribution in [0.3, 0.4) is 0 Å². The summed E-state index contributed by atoms with van der Waals surface area (Å²) in [5.41, 5.74) is 1.19. The van der Waals surface area contributed by atoms with Crippen LogP contribution in [0.15, 0.2) is 44.7 Å². The Morgan fingerprint density at radius 3 is 2.58 bits per heavy atom. The summed E-state index contributed by atoms with van der Waals surface area (Å²) in [6.07, 6.45) is 0. The molecule has 0 amide bonds. The zero-order chi connectivity index (χ0) is 18.7. The molecule has 136 valence electrons. The molecular formula is C18H20N4O3S. The number of hydrogen-bond acceptors (Lipinski definition) is 7. The van der Waals surface area contributed by atoms with Gasteiger partial charge in [-0.3, -0.25) is 4.79 Å². The van der Waals surface area contributed by atoms with Gasteiger partial charge in [0, 0.05) is 17.0 Å². The predicted octanol–water partition coefficient (Wildman–Crippen LogP) is 3.42. The summed E-state index contributed by atoms with van der Waals surface area (Å²) in [5.74, 6) is 2.08.